The van der Waals surface area contributed by atoms with Crippen molar-refractivity contribution >= 4 is 16.5 Å². The molecule has 0 aliphatic rings. The van der Waals surface area contributed by atoms with Crippen LogP contribution in [0.25, 0.3) is 0 Å². The van der Waals surface area contributed by atoms with Crippen molar-refractivity contribution in [3.8, 4) is 11.8 Å². The van der Waals surface area contributed by atoms with Crippen molar-refractivity contribution < 1.29 is 4.74 Å². The second-order valence-corrected chi connectivity index (χ2v) is 4.89. The fraction of sp³-hybridized carbons (Fsp3) is 0.308. The zero-order valence-electron chi connectivity index (χ0n) is 10.6. The van der Waals surface area contributed by atoms with Gasteiger partial charge in [-0.05, 0) is 18.6 Å². The van der Waals surface area contributed by atoms with Crippen molar-refractivity contribution in [2.75, 3.05) is 11.9 Å². The molecule has 0 aliphatic carbocycles. The normalized spacial score (nSPS) is 9.89. The average molecular weight is 274 g/mol. The summed E-state index contributed by atoms with van der Waals surface area (Å²) in [6, 6.07) is 9.24. The summed E-state index contributed by atoms with van der Waals surface area (Å²) in [4.78, 5) is 0. The molecule has 1 aromatic carbocycles. The summed E-state index contributed by atoms with van der Waals surface area (Å²) in [6.07, 6.45) is 1.04. The molecule has 0 aliphatic heterocycles. The minimum Gasteiger partial charge on any atom is -0.485 e. The van der Waals surface area contributed by atoms with Gasteiger partial charge >= 0.3 is 0 Å². The van der Waals surface area contributed by atoms with Gasteiger partial charge in [0.1, 0.15) is 18.4 Å². The third-order valence-electron chi connectivity index (χ3n) is 2.35. The van der Waals surface area contributed by atoms with Gasteiger partial charge in [-0.3, -0.25) is 0 Å². The summed E-state index contributed by atoms with van der Waals surface area (Å²) in [5, 5.41) is 21.8. The summed E-state index contributed by atoms with van der Waals surface area (Å²) in [7, 11) is 0. The summed E-state index contributed by atoms with van der Waals surface area (Å²) in [5.41, 5.74) is 0.524. The van der Waals surface area contributed by atoms with Gasteiger partial charge in [-0.25, -0.2) is 0 Å². The van der Waals surface area contributed by atoms with E-state index < -0.39 is 0 Å². The van der Waals surface area contributed by atoms with Crippen LogP contribution in [0.4, 0.5) is 5.13 Å². The molecule has 1 N–H and O–H groups in total. The first kappa shape index (κ1) is 13.3. The molecular formula is C13H14N4OS. The average Bonchev–Trinajstić information content (AvgIpc) is 2.91. The number of nitrogens with one attached hydrogen (secondary N) is 1. The van der Waals surface area contributed by atoms with E-state index in [-0.39, 0.29) is 0 Å². The fourth-order valence-corrected chi connectivity index (χ4v) is 2.12. The van der Waals surface area contributed by atoms with Gasteiger partial charge in [0.05, 0.1) is 5.56 Å². The minimum atomic E-state index is 0.324. The smallest absolute Gasteiger partial charge is 0.205 e. The van der Waals surface area contributed by atoms with E-state index >= 15 is 0 Å². The standard InChI is InChI=1S/C13H14N4OS/c1-2-7-15-13-17-16-12(19-13)9-18-11-6-4-3-5-10(11)8-14/h3-6H,2,7,9H2,1H3,(H,15,17). The van der Waals surface area contributed by atoms with Crippen molar-refractivity contribution in [1.29, 1.82) is 5.26 Å². The molecule has 2 aromatic rings. The van der Waals surface area contributed by atoms with Gasteiger partial charge in [0.15, 0.2) is 5.01 Å². The Morgan fingerprint density at radius 1 is 1.37 bits per heavy atom. The minimum absolute atomic E-state index is 0.324. The van der Waals surface area contributed by atoms with E-state index in [1.807, 2.05) is 12.1 Å². The predicted octanol–water partition coefficient (Wildman–Crippen LogP) is 2.81. The first-order valence-corrected chi connectivity index (χ1v) is 6.83. The Labute approximate surface area is 115 Å². The van der Waals surface area contributed by atoms with Crippen LogP contribution < -0.4 is 10.1 Å². The second kappa shape index (κ2) is 6.71. The SMILES string of the molecule is CCCNc1nnc(COc2ccccc2C#N)s1. The molecule has 0 atom stereocenters. The number of benzene rings is 1. The van der Waals surface area contributed by atoms with Crippen LogP contribution in [0, 0.1) is 11.3 Å². The predicted molar refractivity (Wildman–Crippen MR) is 74.2 cm³/mol. The highest BCUT2D eigenvalue weighted by molar-refractivity contribution is 7.15. The quantitative estimate of drug-likeness (QED) is 0.877. The second-order valence-electron chi connectivity index (χ2n) is 3.82. The Bertz CT molecular complexity index is 576. The third-order valence-corrected chi connectivity index (χ3v) is 3.21. The first-order chi connectivity index (χ1) is 9.33. The van der Waals surface area contributed by atoms with Gasteiger partial charge in [0.2, 0.25) is 5.13 Å². The number of aromatic nitrogens is 2. The Hall–Kier alpha value is -2.13. The zero-order valence-corrected chi connectivity index (χ0v) is 11.4. The molecule has 6 heteroatoms. The van der Waals surface area contributed by atoms with Gasteiger partial charge in [-0.2, -0.15) is 5.26 Å². The van der Waals surface area contributed by atoms with E-state index in [4.69, 9.17) is 10.00 Å². The van der Waals surface area contributed by atoms with Crippen LogP contribution >= 0.6 is 11.3 Å². The van der Waals surface area contributed by atoms with Crippen LogP contribution in [-0.4, -0.2) is 16.7 Å². The van der Waals surface area contributed by atoms with Gasteiger partial charge < -0.3 is 10.1 Å². The number of rotatable bonds is 6. The molecule has 98 valence electrons. The van der Waals surface area contributed by atoms with E-state index in [1.54, 1.807) is 12.1 Å². The zero-order chi connectivity index (χ0) is 13.5. The Kier molecular flexibility index (Phi) is 4.70. The number of anilines is 1. The number of hydrogen-bond acceptors (Lipinski definition) is 6. The molecule has 0 saturated carbocycles. The van der Waals surface area contributed by atoms with E-state index in [2.05, 4.69) is 28.5 Å². The van der Waals surface area contributed by atoms with Crippen molar-refractivity contribution in [2.24, 2.45) is 0 Å². The fourth-order valence-electron chi connectivity index (χ4n) is 1.44. The van der Waals surface area contributed by atoms with Gasteiger partial charge in [0.25, 0.3) is 0 Å². The number of nitriles is 1. The maximum atomic E-state index is 8.95. The van der Waals surface area contributed by atoms with Crippen LogP contribution in [0.1, 0.15) is 23.9 Å². The number of para-hydroxylation sites is 1. The van der Waals surface area contributed by atoms with Crippen molar-refractivity contribution in [1.82, 2.24) is 10.2 Å². The van der Waals surface area contributed by atoms with Crippen LogP contribution in [0.2, 0.25) is 0 Å². The van der Waals surface area contributed by atoms with Crippen LogP contribution in [0.3, 0.4) is 0 Å². The topological polar surface area (TPSA) is 70.8 Å². The lowest BCUT2D eigenvalue weighted by Gasteiger charge is -2.04. The molecule has 2 rings (SSSR count). The molecule has 0 saturated heterocycles. The maximum absolute atomic E-state index is 8.95. The molecule has 1 heterocycles. The molecule has 0 unspecified atom stereocenters. The molecule has 0 fully saturated rings. The van der Waals surface area contributed by atoms with Crippen LogP contribution in [0.15, 0.2) is 24.3 Å². The van der Waals surface area contributed by atoms with Crippen LogP contribution in [0.5, 0.6) is 5.75 Å². The summed E-state index contributed by atoms with van der Waals surface area (Å²) < 4.78 is 5.59. The lowest BCUT2D eigenvalue weighted by atomic mass is 10.2. The van der Waals surface area contributed by atoms with Gasteiger partial charge in [-0.1, -0.05) is 30.4 Å². The number of nitrogens with zero attached hydrogens (tertiary/aromatic N) is 3. The van der Waals surface area contributed by atoms with Crippen LogP contribution in [-0.2, 0) is 6.61 Å². The van der Waals surface area contributed by atoms with Gasteiger partial charge in [-0.15, -0.1) is 10.2 Å². The lowest BCUT2D eigenvalue weighted by molar-refractivity contribution is 0.303. The summed E-state index contributed by atoms with van der Waals surface area (Å²) in [5.74, 6) is 0.572. The molecule has 0 bridgehead atoms. The molecule has 0 amide bonds. The molecule has 19 heavy (non-hydrogen) atoms. The Morgan fingerprint density at radius 3 is 3.00 bits per heavy atom. The molecular weight excluding hydrogens is 260 g/mol. The van der Waals surface area contributed by atoms with E-state index in [0.29, 0.717) is 17.9 Å². The largest absolute Gasteiger partial charge is 0.485 e. The Balaban J connectivity index is 1.95. The highest BCUT2D eigenvalue weighted by atomic mass is 32.1. The molecule has 1 aromatic heterocycles. The monoisotopic (exact) mass is 274 g/mol. The van der Waals surface area contributed by atoms with Crippen molar-refractivity contribution in [3.63, 3.8) is 0 Å². The third kappa shape index (κ3) is 3.66. The highest BCUT2D eigenvalue weighted by Gasteiger charge is 2.06. The summed E-state index contributed by atoms with van der Waals surface area (Å²) in [6.45, 7) is 3.30. The van der Waals surface area contributed by atoms with Crippen molar-refractivity contribution in [2.45, 2.75) is 20.0 Å². The number of hydrogen-bond donors (Lipinski definition) is 1. The summed E-state index contributed by atoms with van der Waals surface area (Å²) >= 11 is 1.46. The van der Waals surface area contributed by atoms with E-state index in [9.17, 15) is 0 Å². The highest BCUT2D eigenvalue weighted by Crippen LogP contribution is 2.20. The van der Waals surface area contributed by atoms with E-state index in [1.165, 1.54) is 11.3 Å². The van der Waals surface area contributed by atoms with E-state index in [0.717, 1.165) is 23.1 Å². The maximum Gasteiger partial charge on any atom is 0.205 e. The number of ether oxygens (including phenoxy) is 1. The molecule has 0 spiro atoms. The molecule has 5 nitrogen and oxygen atoms in total. The Morgan fingerprint density at radius 2 is 2.21 bits per heavy atom. The van der Waals surface area contributed by atoms with Crippen molar-refractivity contribution in [3.05, 3.63) is 34.8 Å². The van der Waals surface area contributed by atoms with Gasteiger partial charge in [0, 0.05) is 6.54 Å². The first-order valence-electron chi connectivity index (χ1n) is 6.01. The molecule has 0 radical (unpaired) electrons. The lowest BCUT2D eigenvalue weighted by Crippen LogP contribution is -1.98.